The number of carbonyl (C=O) groups is 2. The molecule has 1 unspecified atom stereocenters. The van der Waals surface area contributed by atoms with Gasteiger partial charge in [-0.05, 0) is 54.8 Å². The second-order valence-corrected chi connectivity index (χ2v) is 10.3. The van der Waals surface area contributed by atoms with Gasteiger partial charge in [0.2, 0.25) is 5.91 Å². The number of anilines is 3. The summed E-state index contributed by atoms with van der Waals surface area (Å²) < 4.78 is 31.4. The number of H-pyrrole nitrogens is 1. The number of nitrogens with one attached hydrogen (secondary N) is 3. The van der Waals surface area contributed by atoms with E-state index in [-0.39, 0.29) is 17.9 Å². The first-order valence-electron chi connectivity index (χ1n) is 11.6. The zero-order valence-electron chi connectivity index (χ0n) is 20.3. The van der Waals surface area contributed by atoms with E-state index in [0.29, 0.717) is 21.5 Å². The first kappa shape index (κ1) is 27.6. The Morgan fingerprint density at radius 3 is 2.61 bits per heavy atom. The van der Waals surface area contributed by atoms with Crippen LogP contribution in [-0.4, -0.2) is 61.4 Å². The number of fused-ring (bicyclic) bond motifs is 1. The zero-order valence-corrected chi connectivity index (χ0v) is 22.7. The standard InChI is InChI=1S/C22H23BrN8O2S.CHF3/c1-12-11-31(13(2)21(33)30-7-3-4-8-30)29-19(12)27-22-24-10-17(34-22)20(32)26-18-14-9-25-28-16(14)6-5-15(18)23;2-1(3)4/h5-6,9-11,13H,3-4,7-8H2,1-2H3,(H,25,28)(H,26,32)(H,24,27,29);1H. The van der Waals surface area contributed by atoms with Crippen LogP contribution < -0.4 is 10.6 Å². The van der Waals surface area contributed by atoms with Crippen molar-refractivity contribution in [1.82, 2.24) is 29.9 Å². The van der Waals surface area contributed by atoms with Crippen molar-refractivity contribution >= 4 is 66.6 Å². The SMILES string of the molecule is Cc1cn(C(C)C(=O)N2CCCC2)nc1Nc1ncc(C(=O)Nc2c(Br)ccc3[nH]ncc23)s1.FC(F)F. The van der Waals surface area contributed by atoms with Crippen molar-refractivity contribution in [3.05, 3.63) is 45.6 Å². The summed E-state index contributed by atoms with van der Waals surface area (Å²) in [7, 11) is 0. The number of carbonyl (C=O) groups excluding carboxylic acids is 2. The molecule has 1 aliphatic heterocycles. The molecule has 1 aromatic carbocycles. The average molecular weight is 613 g/mol. The summed E-state index contributed by atoms with van der Waals surface area (Å²) >= 11 is 4.71. The van der Waals surface area contributed by atoms with Gasteiger partial charge in [0.1, 0.15) is 10.9 Å². The Kier molecular flexibility index (Phi) is 8.66. The van der Waals surface area contributed by atoms with Crippen LogP contribution in [0.5, 0.6) is 0 Å². The summed E-state index contributed by atoms with van der Waals surface area (Å²) in [6.45, 7) is 1.74. The summed E-state index contributed by atoms with van der Waals surface area (Å²) in [4.78, 5) is 32.3. The molecule has 1 aliphatic rings. The number of halogens is 4. The number of amides is 2. The predicted molar refractivity (Wildman–Crippen MR) is 142 cm³/mol. The highest BCUT2D eigenvalue weighted by Crippen LogP contribution is 2.32. The van der Waals surface area contributed by atoms with Gasteiger partial charge in [-0.2, -0.15) is 23.4 Å². The molecule has 202 valence electrons. The summed E-state index contributed by atoms with van der Waals surface area (Å²) in [5.74, 6) is 0.416. The molecule has 0 bridgehead atoms. The maximum atomic E-state index is 12.9. The molecule has 4 heterocycles. The fraction of sp³-hybridized carbons (Fsp3) is 0.348. The van der Waals surface area contributed by atoms with E-state index >= 15 is 0 Å². The lowest BCUT2D eigenvalue weighted by Crippen LogP contribution is -2.34. The number of aryl methyl sites for hydroxylation is 1. The molecule has 0 saturated carbocycles. The van der Waals surface area contributed by atoms with Crippen LogP contribution >= 0.6 is 27.3 Å². The van der Waals surface area contributed by atoms with Crippen molar-refractivity contribution in [2.24, 2.45) is 0 Å². The highest BCUT2D eigenvalue weighted by molar-refractivity contribution is 9.10. The summed E-state index contributed by atoms with van der Waals surface area (Å²) in [5.41, 5.74) is 2.36. The number of alkyl halides is 3. The van der Waals surface area contributed by atoms with E-state index in [9.17, 15) is 22.8 Å². The molecule has 15 heteroatoms. The van der Waals surface area contributed by atoms with E-state index in [2.05, 4.69) is 46.8 Å². The van der Waals surface area contributed by atoms with Gasteiger partial charge in [0, 0.05) is 34.7 Å². The van der Waals surface area contributed by atoms with E-state index in [4.69, 9.17) is 0 Å². The quantitative estimate of drug-likeness (QED) is 0.259. The van der Waals surface area contributed by atoms with E-state index in [1.807, 2.05) is 37.1 Å². The Morgan fingerprint density at radius 2 is 1.89 bits per heavy atom. The van der Waals surface area contributed by atoms with Crippen LogP contribution in [0.15, 0.2) is 35.2 Å². The topological polar surface area (TPSA) is 121 Å². The molecule has 1 atom stereocenters. The largest absolute Gasteiger partial charge is 0.379 e. The van der Waals surface area contributed by atoms with Crippen LogP contribution in [0.4, 0.5) is 29.8 Å². The van der Waals surface area contributed by atoms with Crippen LogP contribution in [0.3, 0.4) is 0 Å². The summed E-state index contributed by atoms with van der Waals surface area (Å²) in [6.07, 6.45) is 7.15. The third-order valence-corrected chi connectivity index (χ3v) is 7.43. The lowest BCUT2D eigenvalue weighted by molar-refractivity contribution is -0.133. The molecular weight excluding hydrogens is 589 g/mol. The number of rotatable bonds is 6. The van der Waals surface area contributed by atoms with Crippen molar-refractivity contribution in [2.75, 3.05) is 23.7 Å². The van der Waals surface area contributed by atoms with E-state index in [1.54, 1.807) is 10.9 Å². The minimum atomic E-state index is -3.67. The molecule has 10 nitrogen and oxygen atoms in total. The van der Waals surface area contributed by atoms with Crippen LogP contribution in [0.2, 0.25) is 0 Å². The van der Waals surface area contributed by atoms with E-state index in [1.165, 1.54) is 17.5 Å². The van der Waals surface area contributed by atoms with E-state index < -0.39 is 6.68 Å². The van der Waals surface area contributed by atoms with Crippen LogP contribution in [-0.2, 0) is 4.79 Å². The molecule has 5 rings (SSSR count). The molecule has 1 saturated heterocycles. The number of likely N-dealkylation sites (tertiary alicyclic amines) is 1. The predicted octanol–water partition coefficient (Wildman–Crippen LogP) is 5.64. The van der Waals surface area contributed by atoms with Crippen molar-refractivity contribution in [2.45, 2.75) is 39.4 Å². The molecule has 3 N–H and O–H groups in total. The second kappa shape index (κ2) is 11.9. The van der Waals surface area contributed by atoms with Gasteiger partial charge >= 0.3 is 6.68 Å². The zero-order chi connectivity index (χ0) is 27.4. The Morgan fingerprint density at radius 1 is 1.18 bits per heavy atom. The third-order valence-electron chi connectivity index (χ3n) is 5.85. The first-order chi connectivity index (χ1) is 18.1. The lowest BCUT2D eigenvalue weighted by Gasteiger charge is -2.20. The first-order valence-corrected chi connectivity index (χ1v) is 13.2. The smallest absolute Gasteiger partial charge is 0.341 e. The molecule has 0 spiro atoms. The highest BCUT2D eigenvalue weighted by atomic mass is 79.9. The fourth-order valence-electron chi connectivity index (χ4n) is 3.95. The molecule has 2 amide bonds. The molecular formula is C23H24BrF3N8O2S. The van der Waals surface area contributed by atoms with Gasteiger partial charge < -0.3 is 15.5 Å². The summed E-state index contributed by atoms with van der Waals surface area (Å²) in [6, 6.07) is 3.36. The Labute approximate surface area is 227 Å². The minimum Gasteiger partial charge on any atom is -0.341 e. The Balaban J connectivity index is 0.000000786. The van der Waals surface area contributed by atoms with Gasteiger partial charge in [0.25, 0.3) is 5.91 Å². The van der Waals surface area contributed by atoms with E-state index in [0.717, 1.165) is 46.9 Å². The number of benzene rings is 1. The average Bonchev–Trinajstić information content (AvgIpc) is 3.68. The maximum Gasteiger partial charge on any atom is 0.379 e. The molecule has 0 radical (unpaired) electrons. The monoisotopic (exact) mass is 612 g/mol. The highest BCUT2D eigenvalue weighted by Gasteiger charge is 2.25. The van der Waals surface area contributed by atoms with Gasteiger partial charge in [-0.15, -0.1) is 0 Å². The number of aromatic amines is 1. The fourth-order valence-corrected chi connectivity index (χ4v) is 5.11. The van der Waals surface area contributed by atoms with Gasteiger partial charge in [-0.1, -0.05) is 11.3 Å². The number of hydrogen-bond donors (Lipinski definition) is 3. The second-order valence-electron chi connectivity index (χ2n) is 8.46. The van der Waals surface area contributed by atoms with Gasteiger partial charge in [-0.3, -0.25) is 19.4 Å². The number of thiazole rings is 1. The van der Waals surface area contributed by atoms with Crippen molar-refractivity contribution in [1.29, 1.82) is 0 Å². The van der Waals surface area contributed by atoms with Crippen molar-refractivity contribution < 1.29 is 22.8 Å². The van der Waals surface area contributed by atoms with Crippen molar-refractivity contribution in [3.8, 4) is 0 Å². The minimum absolute atomic E-state index is 0.0820. The Hall–Kier alpha value is -3.46. The van der Waals surface area contributed by atoms with Gasteiger partial charge in [0.15, 0.2) is 10.9 Å². The third kappa shape index (κ3) is 6.32. The number of hydrogen-bond acceptors (Lipinski definition) is 7. The lowest BCUT2D eigenvalue weighted by atomic mass is 10.2. The number of nitrogens with zero attached hydrogens (tertiary/aromatic N) is 5. The molecule has 4 aromatic rings. The normalized spacial score (nSPS) is 13.9. The molecule has 1 fully saturated rings. The summed E-state index contributed by atoms with van der Waals surface area (Å²) in [5, 5.41) is 19.0. The molecule has 3 aromatic heterocycles. The molecule has 0 aliphatic carbocycles. The molecule has 38 heavy (non-hydrogen) atoms. The van der Waals surface area contributed by atoms with Crippen molar-refractivity contribution in [3.63, 3.8) is 0 Å². The number of aromatic nitrogens is 5. The van der Waals surface area contributed by atoms with Crippen LogP contribution in [0.1, 0.15) is 41.0 Å². The van der Waals surface area contributed by atoms with Crippen LogP contribution in [0, 0.1) is 6.92 Å². The Bertz CT molecular complexity index is 1430. The van der Waals surface area contributed by atoms with Gasteiger partial charge in [-0.25, -0.2) is 4.98 Å². The van der Waals surface area contributed by atoms with Crippen LogP contribution in [0.25, 0.3) is 10.9 Å². The maximum absolute atomic E-state index is 12.9. The van der Waals surface area contributed by atoms with Gasteiger partial charge in [0.05, 0.1) is 23.6 Å².